The van der Waals surface area contributed by atoms with Crippen molar-refractivity contribution in [2.75, 3.05) is 6.54 Å². The lowest BCUT2D eigenvalue weighted by molar-refractivity contribution is -0.138. The SMILES string of the molecule is CC(C)(C)C(=O)NCCCC(=O)NC(CC(=O)O)c1ccc(C(C)(C)C)cc1. The highest BCUT2D eigenvalue weighted by Gasteiger charge is 2.21. The van der Waals surface area contributed by atoms with Gasteiger partial charge in [0.15, 0.2) is 0 Å². The molecule has 0 aliphatic carbocycles. The number of hydrogen-bond donors (Lipinski definition) is 3. The maximum Gasteiger partial charge on any atom is 0.305 e. The Kier molecular flexibility index (Phi) is 8.21. The molecular formula is C22H34N2O4. The number of carboxylic acids is 1. The molecule has 0 radical (unpaired) electrons. The molecule has 0 saturated heterocycles. The molecule has 0 saturated carbocycles. The first-order valence-corrected chi connectivity index (χ1v) is 9.70. The summed E-state index contributed by atoms with van der Waals surface area (Å²) in [4.78, 5) is 35.3. The number of carbonyl (C=O) groups excluding carboxylic acids is 2. The lowest BCUT2D eigenvalue weighted by atomic mass is 9.86. The van der Waals surface area contributed by atoms with Gasteiger partial charge < -0.3 is 15.7 Å². The van der Waals surface area contributed by atoms with Crippen LogP contribution < -0.4 is 10.6 Å². The van der Waals surface area contributed by atoms with Crippen molar-refractivity contribution < 1.29 is 19.5 Å². The van der Waals surface area contributed by atoms with Crippen LogP contribution in [0.2, 0.25) is 0 Å². The summed E-state index contributed by atoms with van der Waals surface area (Å²) in [5.41, 5.74) is 1.45. The van der Waals surface area contributed by atoms with Gasteiger partial charge in [-0.1, -0.05) is 65.8 Å². The van der Waals surface area contributed by atoms with E-state index >= 15 is 0 Å². The summed E-state index contributed by atoms with van der Waals surface area (Å²) in [5.74, 6) is -1.26. The second-order valence-electron chi connectivity index (χ2n) is 9.20. The van der Waals surface area contributed by atoms with E-state index in [0.717, 1.165) is 11.1 Å². The Bertz CT molecular complexity index is 682. The largest absolute Gasteiger partial charge is 0.481 e. The fourth-order valence-corrected chi connectivity index (χ4v) is 2.62. The van der Waals surface area contributed by atoms with E-state index < -0.39 is 17.4 Å². The van der Waals surface area contributed by atoms with Crippen molar-refractivity contribution in [2.45, 2.75) is 72.3 Å². The predicted octanol–water partition coefficient (Wildman–Crippen LogP) is 3.56. The van der Waals surface area contributed by atoms with E-state index in [1.165, 1.54) is 0 Å². The second kappa shape index (κ2) is 9.71. The van der Waals surface area contributed by atoms with Crippen molar-refractivity contribution in [1.82, 2.24) is 10.6 Å². The van der Waals surface area contributed by atoms with E-state index in [2.05, 4.69) is 31.4 Å². The Hall–Kier alpha value is -2.37. The van der Waals surface area contributed by atoms with E-state index in [1.54, 1.807) is 0 Å². The van der Waals surface area contributed by atoms with Gasteiger partial charge in [0.2, 0.25) is 11.8 Å². The fourth-order valence-electron chi connectivity index (χ4n) is 2.62. The lowest BCUT2D eigenvalue weighted by Gasteiger charge is -2.22. The summed E-state index contributed by atoms with van der Waals surface area (Å²) >= 11 is 0. The van der Waals surface area contributed by atoms with Crippen LogP contribution in [-0.2, 0) is 19.8 Å². The number of benzene rings is 1. The third kappa shape index (κ3) is 8.11. The molecule has 0 fully saturated rings. The molecule has 28 heavy (non-hydrogen) atoms. The molecule has 0 heterocycles. The van der Waals surface area contributed by atoms with Crippen LogP contribution in [0.15, 0.2) is 24.3 Å². The van der Waals surface area contributed by atoms with Gasteiger partial charge in [-0.2, -0.15) is 0 Å². The van der Waals surface area contributed by atoms with Crippen LogP contribution in [0.25, 0.3) is 0 Å². The maximum atomic E-state index is 12.3. The molecule has 1 rings (SSSR count). The van der Waals surface area contributed by atoms with Crippen LogP contribution in [0.1, 0.15) is 78.0 Å². The van der Waals surface area contributed by atoms with Gasteiger partial charge in [0.1, 0.15) is 0 Å². The number of aliphatic carboxylic acids is 1. The van der Waals surface area contributed by atoms with Crippen molar-refractivity contribution in [1.29, 1.82) is 0 Å². The van der Waals surface area contributed by atoms with Crippen LogP contribution in [0, 0.1) is 5.41 Å². The lowest BCUT2D eigenvalue weighted by Crippen LogP contribution is -2.36. The van der Waals surface area contributed by atoms with Crippen LogP contribution >= 0.6 is 0 Å². The topological polar surface area (TPSA) is 95.5 Å². The average molecular weight is 391 g/mol. The highest BCUT2D eigenvalue weighted by atomic mass is 16.4. The van der Waals surface area contributed by atoms with Crippen molar-refractivity contribution in [3.05, 3.63) is 35.4 Å². The highest BCUT2D eigenvalue weighted by molar-refractivity contribution is 5.81. The minimum atomic E-state index is -0.970. The molecule has 0 aromatic heterocycles. The summed E-state index contributed by atoms with van der Waals surface area (Å²) in [5, 5.41) is 14.8. The van der Waals surface area contributed by atoms with Gasteiger partial charge in [0.05, 0.1) is 12.5 Å². The third-order valence-corrected chi connectivity index (χ3v) is 4.44. The number of hydrogen-bond acceptors (Lipinski definition) is 3. The zero-order chi connectivity index (χ0) is 21.5. The van der Waals surface area contributed by atoms with Crippen molar-refractivity contribution >= 4 is 17.8 Å². The maximum absolute atomic E-state index is 12.3. The summed E-state index contributed by atoms with van der Waals surface area (Å²) in [6, 6.07) is 7.11. The molecular weight excluding hydrogens is 356 g/mol. The third-order valence-electron chi connectivity index (χ3n) is 4.44. The molecule has 156 valence electrons. The minimum Gasteiger partial charge on any atom is -0.481 e. The van der Waals surface area contributed by atoms with E-state index in [1.807, 2.05) is 45.0 Å². The zero-order valence-electron chi connectivity index (χ0n) is 17.9. The molecule has 1 aromatic rings. The Balaban J connectivity index is 2.65. The van der Waals surface area contributed by atoms with Crippen LogP contribution in [0.5, 0.6) is 0 Å². The van der Waals surface area contributed by atoms with Crippen molar-refractivity contribution in [2.24, 2.45) is 5.41 Å². The van der Waals surface area contributed by atoms with E-state index in [9.17, 15) is 19.5 Å². The van der Waals surface area contributed by atoms with Gasteiger partial charge >= 0.3 is 5.97 Å². The van der Waals surface area contributed by atoms with Crippen LogP contribution in [0.3, 0.4) is 0 Å². The zero-order valence-corrected chi connectivity index (χ0v) is 17.9. The smallest absolute Gasteiger partial charge is 0.305 e. The Morgan fingerprint density at radius 2 is 1.57 bits per heavy atom. The predicted molar refractivity (Wildman–Crippen MR) is 110 cm³/mol. The minimum absolute atomic E-state index is 0.00155. The Morgan fingerprint density at radius 3 is 2.04 bits per heavy atom. The van der Waals surface area contributed by atoms with Gasteiger partial charge in [0, 0.05) is 18.4 Å². The molecule has 0 bridgehead atoms. The standard InChI is InChI=1S/C22H34N2O4/c1-21(2,3)16-11-9-15(10-12-16)17(14-19(26)27)24-18(25)8-7-13-23-20(28)22(4,5)6/h9-12,17H,7-8,13-14H2,1-6H3,(H,23,28)(H,24,25)(H,26,27). The molecule has 1 aromatic carbocycles. The monoisotopic (exact) mass is 390 g/mol. The number of carbonyl (C=O) groups is 3. The number of carboxylic acid groups (broad SMARTS) is 1. The molecule has 6 heteroatoms. The Labute approximate surface area is 168 Å². The molecule has 2 amide bonds. The fraction of sp³-hybridized carbons (Fsp3) is 0.591. The van der Waals surface area contributed by atoms with Gasteiger partial charge in [-0.15, -0.1) is 0 Å². The second-order valence-corrected chi connectivity index (χ2v) is 9.20. The highest BCUT2D eigenvalue weighted by Crippen LogP contribution is 2.25. The van der Waals surface area contributed by atoms with Crippen LogP contribution in [-0.4, -0.2) is 29.4 Å². The first kappa shape index (κ1) is 23.7. The molecule has 0 spiro atoms. The Morgan fingerprint density at radius 1 is 1.00 bits per heavy atom. The summed E-state index contributed by atoms with van der Waals surface area (Å²) in [6.07, 6.45) is 0.540. The molecule has 1 atom stereocenters. The van der Waals surface area contributed by atoms with Gasteiger partial charge in [-0.05, 0) is 23.0 Å². The molecule has 0 aliphatic heterocycles. The summed E-state index contributed by atoms with van der Waals surface area (Å²) < 4.78 is 0. The number of amides is 2. The first-order valence-electron chi connectivity index (χ1n) is 9.70. The van der Waals surface area contributed by atoms with Gasteiger partial charge in [-0.25, -0.2) is 0 Å². The molecule has 6 nitrogen and oxygen atoms in total. The van der Waals surface area contributed by atoms with E-state index in [-0.39, 0.29) is 30.1 Å². The van der Waals surface area contributed by atoms with E-state index in [0.29, 0.717) is 13.0 Å². The van der Waals surface area contributed by atoms with Crippen LogP contribution in [0.4, 0.5) is 0 Å². The quantitative estimate of drug-likeness (QED) is 0.592. The molecule has 1 unspecified atom stereocenters. The average Bonchev–Trinajstić information content (AvgIpc) is 2.56. The van der Waals surface area contributed by atoms with E-state index in [4.69, 9.17) is 0 Å². The van der Waals surface area contributed by atoms with Gasteiger partial charge in [-0.3, -0.25) is 14.4 Å². The number of nitrogens with one attached hydrogen (secondary N) is 2. The normalized spacial score (nSPS) is 12.9. The molecule has 0 aliphatic rings. The number of rotatable bonds is 8. The molecule has 3 N–H and O–H groups in total. The summed E-state index contributed by atoms with van der Waals surface area (Å²) in [7, 11) is 0. The van der Waals surface area contributed by atoms with Gasteiger partial charge in [0.25, 0.3) is 0 Å². The van der Waals surface area contributed by atoms with Crippen molar-refractivity contribution in [3.8, 4) is 0 Å². The van der Waals surface area contributed by atoms with Crippen molar-refractivity contribution in [3.63, 3.8) is 0 Å². The summed E-state index contributed by atoms with van der Waals surface area (Å²) in [6.45, 7) is 12.2. The first-order chi connectivity index (χ1) is 12.8.